The summed E-state index contributed by atoms with van der Waals surface area (Å²) in [6, 6.07) is 0. The maximum absolute atomic E-state index is 10.3. The van der Waals surface area contributed by atoms with Crippen LogP contribution in [0.1, 0.15) is 13.3 Å². The molecular formula is C12H20N2O5S. The summed E-state index contributed by atoms with van der Waals surface area (Å²) in [5.74, 6) is 0. The van der Waals surface area contributed by atoms with Crippen molar-refractivity contribution in [1.82, 2.24) is 10.2 Å². The van der Waals surface area contributed by atoms with Gasteiger partial charge in [-0.05, 0) is 19.4 Å². The number of aliphatic hydroxyl groups is 3. The molecule has 0 aromatic rings. The molecule has 20 heavy (non-hydrogen) atoms. The second-order valence-corrected chi connectivity index (χ2v) is 5.26. The van der Waals surface area contributed by atoms with Gasteiger partial charge in [-0.1, -0.05) is 12.2 Å². The van der Waals surface area contributed by atoms with E-state index in [0.29, 0.717) is 6.41 Å². The maximum Gasteiger partial charge on any atom is 0.212 e. The smallest absolute Gasteiger partial charge is 0.212 e. The Balaban J connectivity index is 2.74. The van der Waals surface area contributed by atoms with Crippen LogP contribution in [0.15, 0.2) is 12.3 Å². The van der Waals surface area contributed by atoms with E-state index < -0.39 is 24.0 Å². The molecule has 0 radical (unpaired) electrons. The summed E-state index contributed by atoms with van der Waals surface area (Å²) < 4.78 is 5.56. The van der Waals surface area contributed by atoms with Crippen molar-refractivity contribution in [2.24, 2.45) is 0 Å². The average Bonchev–Trinajstić information content (AvgIpc) is 2.61. The third kappa shape index (κ3) is 3.74. The van der Waals surface area contributed by atoms with Crippen LogP contribution in [0, 0.1) is 0 Å². The highest BCUT2D eigenvalue weighted by Crippen LogP contribution is 2.33. The molecular weight excluding hydrogens is 284 g/mol. The van der Waals surface area contributed by atoms with Gasteiger partial charge in [0.05, 0.1) is 6.10 Å². The van der Waals surface area contributed by atoms with E-state index in [9.17, 15) is 15.0 Å². The van der Waals surface area contributed by atoms with Gasteiger partial charge in [0.2, 0.25) is 6.41 Å². The Labute approximate surface area is 122 Å². The molecule has 0 saturated carbocycles. The number of hydrogen-bond acceptors (Lipinski definition) is 7. The Morgan fingerprint density at radius 3 is 2.80 bits per heavy atom. The number of carbonyl (C=O) groups is 1. The first-order valence-electron chi connectivity index (χ1n) is 6.15. The SMILES string of the molecule is CN(/C=C\C(=S)NC=O)C1OC(CCO)[C@H](O)C1(C)O. The molecule has 1 heterocycles. The van der Waals surface area contributed by atoms with Gasteiger partial charge in [-0.3, -0.25) is 4.79 Å². The second kappa shape index (κ2) is 7.09. The fraction of sp³-hybridized carbons (Fsp3) is 0.667. The van der Waals surface area contributed by atoms with Crippen LogP contribution in [0.3, 0.4) is 0 Å². The number of likely N-dealkylation sites (N-methyl/N-ethyl adjacent to an activating group) is 1. The second-order valence-electron chi connectivity index (χ2n) is 4.82. The van der Waals surface area contributed by atoms with Gasteiger partial charge in [-0.25, -0.2) is 0 Å². The van der Waals surface area contributed by atoms with Crippen LogP contribution in [0.25, 0.3) is 0 Å². The molecule has 1 aliphatic rings. The minimum atomic E-state index is -1.49. The van der Waals surface area contributed by atoms with Gasteiger partial charge in [-0.15, -0.1) is 0 Å². The zero-order valence-electron chi connectivity index (χ0n) is 11.4. The highest BCUT2D eigenvalue weighted by molar-refractivity contribution is 7.80. The first kappa shape index (κ1) is 17.0. The zero-order valence-corrected chi connectivity index (χ0v) is 12.2. The Morgan fingerprint density at radius 2 is 2.25 bits per heavy atom. The molecule has 1 amide bonds. The van der Waals surface area contributed by atoms with Gasteiger partial charge < -0.3 is 30.3 Å². The van der Waals surface area contributed by atoms with Crippen molar-refractivity contribution in [3.05, 3.63) is 12.3 Å². The van der Waals surface area contributed by atoms with Crippen molar-refractivity contribution in [2.75, 3.05) is 13.7 Å². The van der Waals surface area contributed by atoms with Crippen molar-refractivity contribution in [1.29, 1.82) is 0 Å². The van der Waals surface area contributed by atoms with E-state index >= 15 is 0 Å². The third-order valence-corrected chi connectivity index (χ3v) is 3.45. The Bertz CT molecular complexity index is 388. The lowest BCUT2D eigenvalue weighted by Crippen LogP contribution is -2.50. The van der Waals surface area contributed by atoms with Crippen LogP contribution in [0.5, 0.6) is 0 Å². The number of nitrogens with zero attached hydrogens (tertiary/aromatic N) is 1. The van der Waals surface area contributed by atoms with Crippen molar-refractivity contribution in [3.63, 3.8) is 0 Å². The molecule has 0 aromatic carbocycles. The summed E-state index contributed by atoms with van der Waals surface area (Å²) >= 11 is 4.85. The largest absolute Gasteiger partial charge is 0.396 e. The molecule has 0 aromatic heterocycles. The number of rotatable bonds is 6. The summed E-state index contributed by atoms with van der Waals surface area (Å²) in [6.07, 6.45) is 1.17. The van der Waals surface area contributed by atoms with Crippen LogP contribution < -0.4 is 5.32 Å². The fourth-order valence-corrected chi connectivity index (χ4v) is 2.24. The Hall–Kier alpha value is -1.06. The van der Waals surface area contributed by atoms with Gasteiger partial charge >= 0.3 is 0 Å². The van der Waals surface area contributed by atoms with Gasteiger partial charge in [-0.2, -0.15) is 0 Å². The third-order valence-electron chi connectivity index (χ3n) is 3.20. The molecule has 8 heteroatoms. The molecule has 7 nitrogen and oxygen atoms in total. The first-order chi connectivity index (χ1) is 9.34. The Morgan fingerprint density at radius 1 is 1.60 bits per heavy atom. The van der Waals surface area contributed by atoms with Crippen molar-refractivity contribution < 1.29 is 24.9 Å². The van der Waals surface area contributed by atoms with Crippen molar-refractivity contribution >= 4 is 23.6 Å². The normalized spacial score (nSPS) is 33.4. The number of amides is 1. The maximum atomic E-state index is 10.3. The number of ether oxygens (including phenoxy) is 1. The van der Waals surface area contributed by atoms with E-state index in [0.717, 1.165) is 0 Å². The number of aliphatic hydroxyl groups excluding tert-OH is 2. The molecule has 4 atom stereocenters. The predicted molar refractivity (Wildman–Crippen MR) is 75.7 cm³/mol. The number of hydrogen-bond donors (Lipinski definition) is 4. The average molecular weight is 304 g/mol. The van der Waals surface area contributed by atoms with Gasteiger partial charge in [0.1, 0.15) is 16.7 Å². The van der Waals surface area contributed by atoms with Crippen molar-refractivity contribution in [2.45, 2.75) is 37.4 Å². The molecule has 0 bridgehead atoms. The van der Waals surface area contributed by atoms with Gasteiger partial charge in [0, 0.05) is 19.9 Å². The zero-order chi connectivity index (χ0) is 15.3. The molecule has 114 valence electrons. The van der Waals surface area contributed by atoms with Crippen LogP contribution in [0.4, 0.5) is 0 Å². The van der Waals surface area contributed by atoms with E-state index in [1.54, 1.807) is 11.9 Å². The lowest BCUT2D eigenvalue weighted by Gasteiger charge is -2.32. The molecule has 4 N–H and O–H groups in total. The quantitative estimate of drug-likeness (QED) is 0.275. The molecule has 1 fully saturated rings. The van der Waals surface area contributed by atoms with E-state index in [4.69, 9.17) is 22.1 Å². The van der Waals surface area contributed by atoms with Gasteiger partial charge in [0.25, 0.3) is 0 Å². The van der Waals surface area contributed by atoms with E-state index in [1.165, 1.54) is 19.2 Å². The molecule has 1 saturated heterocycles. The predicted octanol–water partition coefficient (Wildman–Crippen LogP) is -1.28. The molecule has 3 unspecified atom stereocenters. The highest BCUT2D eigenvalue weighted by atomic mass is 32.1. The Kier molecular flexibility index (Phi) is 6.03. The summed E-state index contributed by atoms with van der Waals surface area (Å²) in [6.45, 7) is 1.32. The monoisotopic (exact) mass is 304 g/mol. The van der Waals surface area contributed by atoms with Crippen LogP contribution >= 0.6 is 12.2 Å². The summed E-state index contributed by atoms with van der Waals surface area (Å²) in [7, 11) is 1.65. The summed E-state index contributed by atoms with van der Waals surface area (Å²) in [5.41, 5.74) is -1.49. The molecule has 0 spiro atoms. The lowest BCUT2D eigenvalue weighted by atomic mass is 9.95. The van der Waals surface area contributed by atoms with E-state index in [1.807, 2.05) is 0 Å². The van der Waals surface area contributed by atoms with E-state index in [2.05, 4.69) is 5.32 Å². The lowest BCUT2D eigenvalue weighted by molar-refractivity contribution is -0.111. The molecule has 1 aliphatic heterocycles. The van der Waals surface area contributed by atoms with Crippen LogP contribution in [0.2, 0.25) is 0 Å². The van der Waals surface area contributed by atoms with Crippen LogP contribution in [-0.2, 0) is 9.53 Å². The summed E-state index contributed by atoms with van der Waals surface area (Å²) in [5, 5.41) is 31.5. The molecule has 0 aliphatic carbocycles. The van der Waals surface area contributed by atoms with Crippen LogP contribution in [-0.4, -0.2) is 69.3 Å². The summed E-state index contributed by atoms with van der Waals surface area (Å²) in [4.78, 5) is 12.0. The minimum absolute atomic E-state index is 0.141. The number of thiocarbonyl (C=S) groups is 1. The van der Waals surface area contributed by atoms with E-state index in [-0.39, 0.29) is 18.0 Å². The molecule has 1 rings (SSSR count). The fourth-order valence-electron chi connectivity index (χ4n) is 2.13. The van der Waals surface area contributed by atoms with Crippen molar-refractivity contribution in [3.8, 4) is 0 Å². The first-order valence-corrected chi connectivity index (χ1v) is 6.56. The topological polar surface area (TPSA) is 102 Å². The standard InChI is InChI=1S/C12H20N2O5S/c1-12(18)10(17)8(4-6-15)19-11(12)14(2)5-3-9(20)13-7-16/h3,5,7-8,10-11,15,17-18H,4,6H2,1-2H3,(H,13,16,20)/b5-3-/t8?,10-,11?,12?/m0/s1. The van der Waals surface area contributed by atoms with Gasteiger partial charge in [0.15, 0.2) is 6.23 Å². The minimum Gasteiger partial charge on any atom is -0.396 e. The number of nitrogens with one attached hydrogen (secondary N) is 1. The number of carbonyl (C=O) groups excluding carboxylic acids is 1. The highest BCUT2D eigenvalue weighted by Gasteiger charge is 2.52.